The van der Waals surface area contributed by atoms with E-state index in [1.165, 1.54) is 12.5 Å². The van der Waals surface area contributed by atoms with Crippen molar-refractivity contribution in [3.05, 3.63) is 29.8 Å². The van der Waals surface area contributed by atoms with Gasteiger partial charge in [0.15, 0.2) is 0 Å². The van der Waals surface area contributed by atoms with Crippen LogP contribution in [0.25, 0.3) is 0 Å². The van der Waals surface area contributed by atoms with Crippen molar-refractivity contribution in [2.24, 2.45) is 0 Å². The highest BCUT2D eigenvalue weighted by Gasteiger charge is 2.10. The molecule has 0 aliphatic heterocycles. The van der Waals surface area contributed by atoms with Crippen LogP contribution in [-0.2, 0) is 4.79 Å². The van der Waals surface area contributed by atoms with E-state index in [1.54, 1.807) is 0 Å². The number of esters is 1. The van der Waals surface area contributed by atoms with Crippen LogP contribution in [0.1, 0.15) is 30.9 Å². The van der Waals surface area contributed by atoms with E-state index in [0.717, 1.165) is 11.5 Å². The predicted molar refractivity (Wildman–Crippen MR) is 76.8 cm³/mol. The lowest BCUT2D eigenvalue weighted by Crippen LogP contribution is -2.01. The fourth-order valence-corrected chi connectivity index (χ4v) is 3.91. The average Bonchev–Trinajstić information content (AvgIpc) is 2.29. The fourth-order valence-electron chi connectivity index (χ4n) is 1.40. The topological polar surface area (TPSA) is 26.3 Å². The third-order valence-electron chi connectivity index (χ3n) is 2.05. The number of rotatable bonds is 6. The van der Waals surface area contributed by atoms with E-state index in [0.29, 0.717) is 10.3 Å². The Labute approximate surface area is 112 Å². The molecule has 1 rings (SSSR count). The van der Waals surface area contributed by atoms with E-state index in [-0.39, 0.29) is 5.97 Å². The fraction of sp³-hybridized carbons (Fsp3) is 0.462. The summed E-state index contributed by atoms with van der Waals surface area (Å²) in [7, 11) is 0. The molecule has 0 aliphatic rings. The molecular formula is C13H18O2S2. The third kappa shape index (κ3) is 5.04. The van der Waals surface area contributed by atoms with Gasteiger partial charge in [-0.3, -0.25) is 4.79 Å². The number of thioether (sulfide) groups is 2. The minimum absolute atomic E-state index is 0.278. The normalized spacial score (nSPS) is 10.6. The summed E-state index contributed by atoms with van der Waals surface area (Å²) in [6, 6.07) is 7.79. The lowest BCUT2D eigenvalue weighted by Gasteiger charge is -2.15. The molecule has 0 radical (unpaired) electrons. The Morgan fingerprint density at radius 3 is 2.12 bits per heavy atom. The molecule has 0 aromatic heterocycles. The monoisotopic (exact) mass is 270 g/mol. The molecule has 0 N–H and O–H groups in total. The summed E-state index contributed by atoms with van der Waals surface area (Å²) >= 11 is 3.86. The van der Waals surface area contributed by atoms with Crippen LogP contribution >= 0.6 is 23.5 Å². The SMILES string of the molecule is CCSC(SCC)c1ccc(OC(C)=O)cc1. The molecule has 0 spiro atoms. The van der Waals surface area contributed by atoms with E-state index in [9.17, 15) is 4.79 Å². The van der Waals surface area contributed by atoms with Crippen LogP contribution < -0.4 is 4.74 Å². The molecule has 0 heterocycles. The van der Waals surface area contributed by atoms with Crippen molar-refractivity contribution < 1.29 is 9.53 Å². The molecule has 17 heavy (non-hydrogen) atoms. The van der Waals surface area contributed by atoms with Gasteiger partial charge in [-0.25, -0.2) is 0 Å². The maximum absolute atomic E-state index is 10.8. The van der Waals surface area contributed by atoms with Gasteiger partial charge in [0, 0.05) is 6.92 Å². The van der Waals surface area contributed by atoms with Crippen molar-refractivity contribution in [1.82, 2.24) is 0 Å². The summed E-state index contributed by atoms with van der Waals surface area (Å²) < 4.78 is 5.49. The molecule has 0 unspecified atom stereocenters. The zero-order valence-electron chi connectivity index (χ0n) is 10.4. The van der Waals surface area contributed by atoms with E-state index in [1.807, 2.05) is 47.8 Å². The number of ether oxygens (including phenoxy) is 1. The summed E-state index contributed by atoms with van der Waals surface area (Å²) in [6.07, 6.45) is 0. The van der Waals surface area contributed by atoms with Crippen molar-refractivity contribution in [3.63, 3.8) is 0 Å². The minimum atomic E-state index is -0.278. The zero-order valence-corrected chi connectivity index (χ0v) is 12.1. The van der Waals surface area contributed by atoms with E-state index in [4.69, 9.17) is 4.74 Å². The van der Waals surface area contributed by atoms with Crippen LogP contribution in [0.2, 0.25) is 0 Å². The molecule has 4 heteroatoms. The molecule has 0 amide bonds. The summed E-state index contributed by atoms with van der Waals surface area (Å²) in [6.45, 7) is 5.75. The third-order valence-corrected chi connectivity index (χ3v) is 4.68. The smallest absolute Gasteiger partial charge is 0.308 e. The molecule has 0 saturated carbocycles. The molecular weight excluding hydrogens is 252 g/mol. The van der Waals surface area contributed by atoms with Gasteiger partial charge in [-0.2, -0.15) is 0 Å². The average molecular weight is 270 g/mol. The molecule has 0 fully saturated rings. The lowest BCUT2D eigenvalue weighted by molar-refractivity contribution is -0.131. The summed E-state index contributed by atoms with van der Waals surface area (Å²) in [4.78, 5) is 10.8. The molecule has 0 bridgehead atoms. The Morgan fingerprint density at radius 1 is 1.18 bits per heavy atom. The van der Waals surface area contributed by atoms with Crippen molar-refractivity contribution in [2.75, 3.05) is 11.5 Å². The van der Waals surface area contributed by atoms with Crippen molar-refractivity contribution in [1.29, 1.82) is 0 Å². The van der Waals surface area contributed by atoms with E-state index < -0.39 is 0 Å². The van der Waals surface area contributed by atoms with Crippen molar-refractivity contribution >= 4 is 29.5 Å². The standard InChI is InChI=1S/C13H18O2S2/c1-4-16-13(17-5-2)11-6-8-12(9-7-11)15-10(3)14/h6-9,13H,4-5H2,1-3H3. The van der Waals surface area contributed by atoms with Gasteiger partial charge in [0.2, 0.25) is 0 Å². The second-order valence-electron chi connectivity index (χ2n) is 3.41. The number of carbonyl (C=O) groups is 1. The second kappa shape index (κ2) is 7.67. The van der Waals surface area contributed by atoms with E-state index >= 15 is 0 Å². The summed E-state index contributed by atoms with van der Waals surface area (Å²) in [5, 5.41) is 0. The first-order valence-electron chi connectivity index (χ1n) is 5.69. The van der Waals surface area contributed by atoms with Crippen LogP contribution in [-0.4, -0.2) is 17.5 Å². The minimum Gasteiger partial charge on any atom is -0.427 e. The Kier molecular flexibility index (Phi) is 6.52. The van der Waals surface area contributed by atoms with Gasteiger partial charge >= 0.3 is 5.97 Å². The quantitative estimate of drug-likeness (QED) is 0.441. The molecule has 1 aromatic rings. The first-order chi connectivity index (χ1) is 8.17. The maximum Gasteiger partial charge on any atom is 0.308 e. The van der Waals surface area contributed by atoms with Crippen molar-refractivity contribution in [2.45, 2.75) is 25.4 Å². The second-order valence-corrected chi connectivity index (χ2v) is 6.47. The number of carbonyl (C=O) groups excluding carboxylic acids is 1. The van der Waals surface area contributed by atoms with Crippen LogP contribution in [0.4, 0.5) is 0 Å². The predicted octanol–water partition coefficient (Wildman–Crippen LogP) is 4.12. The van der Waals surface area contributed by atoms with Gasteiger partial charge in [0.1, 0.15) is 5.75 Å². The maximum atomic E-state index is 10.8. The largest absolute Gasteiger partial charge is 0.427 e. The molecule has 0 atom stereocenters. The summed E-state index contributed by atoms with van der Waals surface area (Å²) in [5.74, 6) is 2.54. The number of benzene rings is 1. The molecule has 0 aliphatic carbocycles. The highest BCUT2D eigenvalue weighted by atomic mass is 32.2. The zero-order chi connectivity index (χ0) is 12.7. The highest BCUT2D eigenvalue weighted by molar-refractivity contribution is 8.16. The lowest BCUT2D eigenvalue weighted by atomic mass is 10.2. The Balaban J connectivity index is 2.72. The molecule has 1 aromatic carbocycles. The van der Waals surface area contributed by atoms with Gasteiger partial charge in [-0.1, -0.05) is 26.0 Å². The summed E-state index contributed by atoms with van der Waals surface area (Å²) in [5.41, 5.74) is 1.28. The van der Waals surface area contributed by atoms with Gasteiger partial charge < -0.3 is 4.74 Å². The van der Waals surface area contributed by atoms with Gasteiger partial charge in [-0.05, 0) is 29.2 Å². The van der Waals surface area contributed by atoms with Crippen LogP contribution in [0.5, 0.6) is 5.75 Å². The van der Waals surface area contributed by atoms with Gasteiger partial charge in [-0.15, -0.1) is 23.5 Å². The highest BCUT2D eigenvalue weighted by Crippen LogP contribution is 2.39. The van der Waals surface area contributed by atoms with Crippen LogP contribution in [0.3, 0.4) is 0 Å². The molecule has 2 nitrogen and oxygen atoms in total. The Morgan fingerprint density at radius 2 is 1.71 bits per heavy atom. The van der Waals surface area contributed by atoms with Crippen LogP contribution in [0.15, 0.2) is 24.3 Å². The Hall–Kier alpha value is -0.610. The van der Waals surface area contributed by atoms with Crippen LogP contribution in [0, 0.1) is 0 Å². The van der Waals surface area contributed by atoms with E-state index in [2.05, 4.69) is 13.8 Å². The first kappa shape index (κ1) is 14.5. The number of hydrogen-bond acceptors (Lipinski definition) is 4. The van der Waals surface area contributed by atoms with Gasteiger partial charge in [0.05, 0.1) is 4.58 Å². The molecule has 94 valence electrons. The Bertz CT molecular complexity index is 343. The first-order valence-corrected chi connectivity index (χ1v) is 7.78. The van der Waals surface area contributed by atoms with Crippen molar-refractivity contribution in [3.8, 4) is 5.75 Å². The number of hydrogen-bond donors (Lipinski definition) is 0. The van der Waals surface area contributed by atoms with Gasteiger partial charge in [0.25, 0.3) is 0 Å². The molecule has 0 saturated heterocycles.